The lowest BCUT2D eigenvalue weighted by molar-refractivity contribution is 1.17. The molecule has 0 radical (unpaired) electrons. The maximum absolute atomic E-state index is 5.26. The summed E-state index contributed by atoms with van der Waals surface area (Å²) in [5, 5.41) is 5.01. The summed E-state index contributed by atoms with van der Waals surface area (Å²) in [6, 6.07) is 58.5. The molecular formula is C48H34N4. The van der Waals surface area contributed by atoms with Gasteiger partial charge in [-0.05, 0) is 97.8 Å². The van der Waals surface area contributed by atoms with Gasteiger partial charge < -0.3 is 9.13 Å². The van der Waals surface area contributed by atoms with E-state index in [1.54, 1.807) is 0 Å². The molecule has 0 aliphatic heterocycles. The lowest BCUT2D eigenvalue weighted by Gasteiger charge is -2.14. The number of hydrogen-bond acceptors (Lipinski definition) is 2. The van der Waals surface area contributed by atoms with E-state index in [0.29, 0.717) is 0 Å². The van der Waals surface area contributed by atoms with E-state index in [4.69, 9.17) is 9.97 Å². The van der Waals surface area contributed by atoms with E-state index in [1.807, 2.05) is 6.20 Å². The Balaban J connectivity index is 1.05. The third-order valence-corrected chi connectivity index (χ3v) is 10.5. The quantitative estimate of drug-likeness (QED) is 0.183. The molecule has 0 unspecified atom stereocenters. The van der Waals surface area contributed by atoms with Crippen molar-refractivity contribution in [3.8, 4) is 45.1 Å². The molecule has 0 fully saturated rings. The summed E-state index contributed by atoms with van der Waals surface area (Å²) in [6.07, 6.45) is 1.90. The van der Waals surface area contributed by atoms with Crippen molar-refractivity contribution in [1.29, 1.82) is 0 Å². The summed E-state index contributed by atoms with van der Waals surface area (Å²) < 4.78 is 4.72. The zero-order valence-electron chi connectivity index (χ0n) is 29.0. The maximum Gasteiger partial charge on any atom is 0.0712 e. The second-order valence-corrected chi connectivity index (χ2v) is 13.6. The van der Waals surface area contributed by atoms with E-state index in [2.05, 4.69) is 187 Å². The number of aromatic nitrogens is 4. The van der Waals surface area contributed by atoms with Crippen molar-refractivity contribution in [3.63, 3.8) is 0 Å². The SMILES string of the molecule is Cc1ccc(-n2c3ccccc3c3ccccc32)cc1-c1cc(-c2cccc(-c3cc(-n4c5ccccc5c5ccccc54)ccc3C)n2)ccn1. The van der Waals surface area contributed by atoms with Crippen LogP contribution in [0, 0.1) is 13.8 Å². The number of hydrogen-bond donors (Lipinski definition) is 0. The van der Waals surface area contributed by atoms with Crippen LogP contribution in [-0.2, 0) is 0 Å². The Morgan fingerprint density at radius 2 is 0.827 bits per heavy atom. The number of fused-ring (bicyclic) bond motifs is 6. The van der Waals surface area contributed by atoms with Crippen LogP contribution in [0.3, 0.4) is 0 Å². The summed E-state index contributed by atoms with van der Waals surface area (Å²) in [5.41, 5.74) is 15.4. The van der Waals surface area contributed by atoms with Gasteiger partial charge in [0.1, 0.15) is 0 Å². The van der Waals surface area contributed by atoms with Crippen LogP contribution in [0.15, 0.2) is 170 Å². The van der Waals surface area contributed by atoms with E-state index in [9.17, 15) is 0 Å². The molecule has 0 aliphatic carbocycles. The van der Waals surface area contributed by atoms with E-state index < -0.39 is 0 Å². The molecule has 0 atom stereocenters. The zero-order valence-corrected chi connectivity index (χ0v) is 29.0. The largest absolute Gasteiger partial charge is 0.309 e. The van der Waals surface area contributed by atoms with E-state index >= 15 is 0 Å². The van der Waals surface area contributed by atoms with Crippen LogP contribution in [0.5, 0.6) is 0 Å². The first-order chi connectivity index (χ1) is 25.6. The maximum atomic E-state index is 5.26. The number of benzene rings is 6. The van der Waals surface area contributed by atoms with E-state index in [0.717, 1.165) is 45.1 Å². The number of para-hydroxylation sites is 4. The highest BCUT2D eigenvalue weighted by molar-refractivity contribution is 6.10. The molecule has 4 heteroatoms. The van der Waals surface area contributed by atoms with Gasteiger partial charge in [-0.1, -0.05) is 91.0 Å². The number of nitrogens with zero attached hydrogens (tertiary/aromatic N) is 4. The van der Waals surface area contributed by atoms with Crippen molar-refractivity contribution in [2.75, 3.05) is 0 Å². The molecule has 10 rings (SSSR count). The average molecular weight is 667 g/mol. The van der Waals surface area contributed by atoms with Gasteiger partial charge in [-0.25, -0.2) is 4.98 Å². The summed E-state index contributed by atoms with van der Waals surface area (Å²) in [4.78, 5) is 10.2. The van der Waals surface area contributed by atoms with Gasteiger partial charge in [0.2, 0.25) is 0 Å². The second-order valence-electron chi connectivity index (χ2n) is 13.6. The summed E-state index contributed by atoms with van der Waals surface area (Å²) in [5.74, 6) is 0. The highest BCUT2D eigenvalue weighted by atomic mass is 15.0. The fourth-order valence-electron chi connectivity index (χ4n) is 7.93. The number of pyridine rings is 2. The summed E-state index contributed by atoms with van der Waals surface area (Å²) >= 11 is 0. The summed E-state index contributed by atoms with van der Waals surface area (Å²) in [6.45, 7) is 4.32. The van der Waals surface area contributed by atoms with Crippen LogP contribution in [0.1, 0.15) is 11.1 Å². The topological polar surface area (TPSA) is 35.6 Å². The molecule has 0 saturated carbocycles. The van der Waals surface area contributed by atoms with Crippen molar-refractivity contribution in [1.82, 2.24) is 19.1 Å². The van der Waals surface area contributed by atoms with Crippen molar-refractivity contribution < 1.29 is 0 Å². The Bertz CT molecular complexity index is 2690. The third-order valence-electron chi connectivity index (χ3n) is 10.5. The Hall–Kier alpha value is -6.78. The second kappa shape index (κ2) is 11.9. The minimum absolute atomic E-state index is 0.916. The molecule has 0 aliphatic rings. The predicted molar refractivity (Wildman–Crippen MR) is 216 cm³/mol. The van der Waals surface area contributed by atoms with Crippen LogP contribution < -0.4 is 0 Å². The van der Waals surface area contributed by atoms with Crippen molar-refractivity contribution >= 4 is 43.6 Å². The Morgan fingerprint density at radius 1 is 0.385 bits per heavy atom. The lowest BCUT2D eigenvalue weighted by atomic mass is 10.0. The van der Waals surface area contributed by atoms with Gasteiger partial charge in [0, 0.05) is 55.8 Å². The molecule has 0 spiro atoms. The van der Waals surface area contributed by atoms with Crippen LogP contribution in [0.25, 0.3) is 88.8 Å². The molecule has 0 saturated heterocycles. The molecule has 10 aromatic rings. The Morgan fingerprint density at radius 3 is 1.33 bits per heavy atom. The fraction of sp³-hybridized carbons (Fsp3) is 0.0417. The standard InChI is InChI=1S/C48H34N4/c1-31-22-24-34(51-45-18-7-3-12-36(45)37-13-4-8-19-46(37)51)29-40(31)43-17-11-16-42(50-43)33-26-27-49-44(28-33)41-30-35(25-23-32(41)2)52-47-20-9-5-14-38(47)39-15-6-10-21-48(39)52/h3-30H,1-2H3. The minimum atomic E-state index is 0.916. The fourth-order valence-corrected chi connectivity index (χ4v) is 7.93. The van der Waals surface area contributed by atoms with Crippen LogP contribution in [0.2, 0.25) is 0 Å². The molecule has 0 N–H and O–H groups in total. The molecule has 6 aromatic carbocycles. The van der Waals surface area contributed by atoms with Crippen LogP contribution in [0.4, 0.5) is 0 Å². The molecular weight excluding hydrogens is 633 g/mol. The molecule has 0 bridgehead atoms. The first-order valence-corrected chi connectivity index (χ1v) is 17.7. The van der Waals surface area contributed by atoms with Crippen molar-refractivity contribution in [3.05, 3.63) is 181 Å². The molecule has 52 heavy (non-hydrogen) atoms. The molecule has 4 aromatic heterocycles. The van der Waals surface area contributed by atoms with Gasteiger partial charge in [-0.3, -0.25) is 4.98 Å². The Kier molecular flexibility index (Phi) is 6.90. The van der Waals surface area contributed by atoms with Crippen LogP contribution >= 0.6 is 0 Å². The molecule has 0 amide bonds. The Labute approximate surface area is 301 Å². The van der Waals surface area contributed by atoms with Crippen molar-refractivity contribution in [2.45, 2.75) is 13.8 Å². The van der Waals surface area contributed by atoms with Crippen molar-refractivity contribution in [2.24, 2.45) is 0 Å². The monoisotopic (exact) mass is 666 g/mol. The van der Waals surface area contributed by atoms with E-state index in [-0.39, 0.29) is 0 Å². The van der Waals surface area contributed by atoms with Gasteiger partial charge in [0.25, 0.3) is 0 Å². The molecule has 246 valence electrons. The van der Waals surface area contributed by atoms with Gasteiger partial charge in [-0.2, -0.15) is 0 Å². The third kappa shape index (κ3) is 4.76. The first-order valence-electron chi connectivity index (χ1n) is 17.7. The van der Waals surface area contributed by atoms with Crippen LogP contribution in [-0.4, -0.2) is 19.1 Å². The average Bonchev–Trinajstić information content (AvgIpc) is 3.72. The normalized spacial score (nSPS) is 11.7. The zero-order chi connectivity index (χ0) is 34.8. The first kappa shape index (κ1) is 30.1. The molecule has 4 heterocycles. The lowest BCUT2D eigenvalue weighted by Crippen LogP contribution is -1.97. The number of rotatable bonds is 5. The molecule has 4 nitrogen and oxygen atoms in total. The minimum Gasteiger partial charge on any atom is -0.309 e. The van der Waals surface area contributed by atoms with Gasteiger partial charge in [0.15, 0.2) is 0 Å². The van der Waals surface area contributed by atoms with E-state index in [1.165, 1.54) is 54.7 Å². The smallest absolute Gasteiger partial charge is 0.0712 e. The number of aryl methyl sites for hydroxylation is 2. The highest BCUT2D eigenvalue weighted by Gasteiger charge is 2.16. The predicted octanol–water partition coefficient (Wildman–Crippen LogP) is 12.3. The van der Waals surface area contributed by atoms with Gasteiger partial charge in [-0.15, -0.1) is 0 Å². The summed E-state index contributed by atoms with van der Waals surface area (Å²) in [7, 11) is 0. The highest BCUT2D eigenvalue weighted by Crippen LogP contribution is 2.36. The van der Waals surface area contributed by atoms with Gasteiger partial charge in [0.05, 0.1) is 39.1 Å². The van der Waals surface area contributed by atoms with Gasteiger partial charge >= 0.3 is 0 Å².